The van der Waals surface area contributed by atoms with Crippen molar-refractivity contribution in [3.05, 3.63) is 60.2 Å². The number of allylic oxidation sites excluding steroid dienone is 5. The standard InChI is InChI=1S/C14H17NO2/c1-12-9-10-14(17-12)13(16)8-6-4-5-7-11-15(2)3/h4-11H,1-3H3/b5-4+,8-6+,11-7+. The summed E-state index contributed by atoms with van der Waals surface area (Å²) in [6.07, 6.45) is 10.7. The van der Waals surface area contributed by atoms with Gasteiger partial charge in [-0.25, -0.2) is 0 Å². The van der Waals surface area contributed by atoms with Crippen LogP contribution in [0.15, 0.2) is 53.1 Å². The molecule has 0 atom stereocenters. The van der Waals surface area contributed by atoms with Gasteiger partial charge in [-0.1, -0.05) is 18.2 Å². The van der Waals surface area contributed by atoms with Gasteiger partial charge in [0, 0.05) is 14.1 Å². The van der Waals surface area contributed by atoms with Crippen molar-refractivity contribution in [2.24, 2.45) is 0 Å². The van der Waals surface area contributed by atoms with Gasteiger partial charge in [-0.15, -0.1) is 0 Å². The molecular weight excluding hydrogens is 214 g/mol. The quantitative estimate of drug-likeness (QED) is 0.444. The molecular formula is C14H17NO2. The zero-order valence-corrected chi connectivity index (χ0v) is 10.4. The highest BCUT2D eigenvalue weighted by molar-refractivity contribution is 6.02. The fourth-order valence-corrected chi connectivity index (χ4v) is 1.14. The van der Waals surface area contributed by atoms with Gasteiger partial charge in [-0.3, -0.25) is 4.79 Å². The fraction of sp³-hybridized carbons (Fsp3) is 0.214. The second-order valence-electron chi connectivity index (χ2n) is 3.82. The molecule has 0 aliphatic heterocycles. The number of hydrogen-bond acceptors (Lipinski definition) is 3. The molecule has 3 nitrogen and oxygen atoms in total. The molecule has 0 N–H and O–H groups in total. The minimum atomic E-state index is -0.126. The molecule has 0 aliphatic carbocycles. The van der Waals surface area contributed by atoms with E-state index < -0.39 is 0 Å². The lowest BCUT2D eigenvalue weighted by Gasteiger charge is -2.00. The monoisotopic (exact) mass is 231 g/mol. The van der Waals surface area contributed by atoms with Gasteiger partial charge < -0.3 is 9.32 Å². The maximum atomic E-state index is 11.6. The lowest BCUT2D eigenvalue weighted by molar-refractivity contribution is 0.102. The van der Waals surface area contributed by atoms with Crippen LogP contribution < -0.4 is 0 Å². The van der Waals surface area contributed by atoms with Gasteiger partial charge in [0.15, 0.2) is 5.76 Å². The van der Waals surface area contributed by atoms with Crippen molar-refractivity contribution in [2.45, 2.75) is 6.92 Å². The summed E-state index contributed by atoms with van der Waals surface area (Å²) in [6, 6.07) is 3.45. The SMILES string of the molecule is Cc1ccc(C(=O)/C=C/C=C/C=C/N(C)C)o1. The van der Waals surface area contributed by atoms with E-state index >= 15 is 0 Å². The highest BCUT2D eigenvalue weighted by Gasteiger charge is 2.04. The summed E-state index contributed by atoms with van der Waals surface area (Å²) in [7, 11) is 3.89. The van der Waals surface area contributed by atoms with E-state index in [2.05, 4.69) is 0 Å². The molecule has 1 aromatic rings. The second kappa shape index (κ2) is 6.53. The van der Waals surface area contributed by atoms with Gasteiger partial charge in [0.2, 0.25) is 5.78 Å². The molecule has 0 unspecified atom stereocenters. The normalized spacial score (nSPS) is 11.9. The molecule has 0 saturated heterocycles. The first-order chi connectivity index (χ1) is 8.09. The minimum Gasteiger partial charge on any atom is -0.458 e. The lowest BCUT2D eigenvalue weighted by Crippen LogP contribution is -1.99. The molecule has 1 aromatic heterocycles. The molecule has 3 heteroatoms. The lowest BCUT2D eigenvalue weighted by atomic mass is 10.3. The van der Waals surface area contributed by atoms with E-state index in [9.17, 15) is 4.79 Å². The van der Waals surface area contributed by atoms with Crippen LogP contribution >= 0.6 is 0 Å². The predicted molar refractivity (Wildman–Crippen MR) is 68.9 cm³/mol. The average molecular weight is 231 g/mol. The Bertz CT molecular complexity index is 451. The first-order valence-electron chi connectivity index (χ1n) is 5.38. The van der Waals surface area contributed by atoms with Crippen molar-refractivity contribution in [2.75, 3.05) is 14.1 Å². The van der Waals surface area contributed by atoms with E-state index in [1.807, 2.05) is 44.3 Å². The van der Waals surface area contributed by atoms with Gasteiger partial charge >= 0.3 is 0 Å². The van der Waals surface area contributed by atoms with E-state index in [0.717, 1.165) is 5.76 Å². The Hall–Kier alpha value is -2.03. The van der Waals surface area contributed by atoms with E-state index in [4.69, 9.17) is 4.42 Å². The summed E-state index contributed by atoms with van der Waals surface area (Å²) in [6.45, 7) is 1.81. The third-order valence-corrected chi connectivity index (χ3v) is 1.95. The largest absolute Gasteiger partial charge is 0.458 e. The first kappa shape index (κ1) is 13.0. The summed E-state index contributed by atoms with van der Waals surface area (Å²) < 4.78 is 5.21. The summed E-state index contributed by atoms with van der Waals surface area (Å²) in [5, 5.41) is 0. The van der Waals surface area contributed by atoms with Crippen LogP contribution in [0.5, 0.6) is 0 Å². The molecule has 0 bridgehead atoms. The number of furan rings is 1. The zero-order valence-electron chi connectivity index (χ0n) is 10.4. The van der Waals surface area contributed by atoms with Crippen LogP contribution in [0.1, 0.15) is 16.3 Å². The Balaban J connectivity index is 2.47. The Morgan fingerprint density at radius 3 is 2.47 bits per heavy atom. The molecule has 0 spiro atoms. The fourth-order valence-electron chi connectivity index (χ4n) is 1.14. The molecule has 0 aliphatic rings. The van der Waals surface area contributed by atoms with Crippen LogP contribution in [0, 0.1) is 6.92 Å². The Morgan fingerprint density at radius 2 is 1.88 bits per heavy atom. The van der Waals surface area contributed by atoms with Gasteiger partial charge in [0.05, 0.1) is 0 Å². The maximum Gasteiger partial charge on any atom is 0.220 e. The van der Waals surface area contributed by atoms with Crippen LogP contribution in [0.25, 0.3) is 0 Å². The van der Waals surface area contributed by atoms with Crippen LogP contribution in [-0.4, -0.2) is 24.8 Å². The number of carbonyl (C=O) groups is 1. The molecule has 1 rings (SSSR count). The number of rotatable bonds is 5. The van der Waals surface area contributed by atoms with Crippen LogP contribution in [-0.2, 0) is 0 Å². The molecule has 0 saturated carbocycles. The minimum absolute atomic E-state index is 0.126. The van der Waals surface area contributed by atoms with Crippen LogP contribution in [0.2, 0.25) is 0 Å². The highest BCUT2D eigenvalue weighted by Crippen LogP contribution is 2.07. The number of nitrogens with zero attached hydrogens (tertiary/aromatic N) is 1. The zero-order chi connectivity index (χ0) is 12.7. The van der Waals surface area contributed by atoms with Crippen molar-refractivity contribution >= 4 is 5.78 Å². The Labute approximate surface area is 102 Å². The van der Waals surface area contributed by atoms with Crippen LogP contribution in [0.4, 0.5) is 0 Å². The molecule has 1 heterocycles. The summed E-state index contributed by atoms with van der Waals surface area (Å²) in [4.78, 5) is 13.5. The van der Waals surface area contributed by atoms with Gasteiger partial charge in [-0.2, -0.15) is 0 Å². The third-order valence-electron chi connectivity index (χ3n) is 1.95. The number of hydrogen-bond donors (Lipinski definition) is 0. The van der Waals surface area contributed by atoms with Crippen LogP contribution in [0.3, 0.4) is 0 Å². The third kappa shape index (κ3) is 5.02. The molecule has 0 aromatic carbocycles. The van der Waals surface area contributed by atoms with Gasteiger partial charge in [-0.05, 0) is 37.4 Å². The second-order valence-corrected chi connectivity index (χ2v) is 3.82. The number of aryl methyl sites for hydroxylation is 1. The average Bonchev–Trinajstić information content (AvgIpc) is 2.69. The summed E-state index contributed by atoms with van der Waals surface area (Å²) in [5.41, 5.74) is 0. The highest BCUT2D eigenvalue weighted by atomic mass is 16.3. The molecule has 0 fully saturated rings. The Kier molecular flexibility index (Phi) is 5.01. The topological polar surface area (TPSA) is 33.5 Å². The first-order valence-corrected chi connectivity index (χ1v) is 5.38. The van der Waals surface area contributed by atoms with Gasteiger partial charge in [0.25, 0.3) is 0 Å². The van der Waals surface area contributed by atoms with E-state index in [1.54, 1.807) is 24.3 Å². The van der Waals surface area contributed by atoms with Crippen molar-refractivity contribution in [1.82, 2.24) is 4.90 Å². The maximum absolute atomic E-state index is 11.6. The molecule has 90 valence electrons. The Morgan fingerprint density at radius 1 is 1.18 bits per heavy atom. The molecule has 0 radical (unpaired) electrons. The number of ketones is 1. The van der Waals surface area contributed by atoms with E-state index in [-0.39, 0.29) is 5.78 Å². The van der Waals surface area contributed by atoms with Crippen molar-refractivity contribution < 1.29 is 9.21 Å². The van der Waals surface area contributed by atoms with E-state index in [1.165, 1.54) is 6.08 Å². The van der Waals surface area contributed by atoms with Crippen molar-refractivity contribution in [1.29, 1.82) is 0 Å². The van der Waals surface area contributed by atoms with Gasteiger partial charge in [0.1, 0.15) is 5.76 Å². The summed E-state index contributed by atoms with van der Waals surface area (Å²) in [5.74, 6) is 0.988. The predicted octanol–water partition coefficient (Wildman–Crippen LogP) is 2.96. The van der Waals surface area contributed by atoms with Crippen molar-refractivity contribution in [3.63, 3.8) is 0 Å². The number of carbonyl (C=O) groups excluding carboxylic acids is 1. The smallest absolute Gasteiger partial charge is 0.220 e. The molecule has 0 amide bonds. The molecule has 17 heavy (non-hydrogen) atoms. The summed E-state index contributed by atoms with van der Waals surface area (Å²) >= 11 is 0. The van der Waals surface area contributed by atoms with E-state index in [0.29, 0.717) is 5.76 Å². The van der Waals surface area contributed by atoms with Crippen molar-refractivity contribution in [3.8, 4) is 0 Å².